The van der Waals surface area contributed by atoms with Gasteiger partial charge in [0.15, 0.2) is 0 Å². The summed E-state index contributed by atoms with van der Waals surface area (Å²) in [5.74, 6) is -0.512. The van der Waals surface area contributed by atoms with Gasteiger partial charge < -0.3 is 5.32 Å². The van der Waals surface area contributed by atoms with E-state index >= 15 is 0 Å². The van der Waals surface area contributed by atoms with E-state index < -0.39 is 5.91 Å². The molecule has 2 amide bonds. The standard InChI is InChI=1S/C20H20N2O3S/c23-19(12-7-14-5-3-1-2-4-6-14)21-16-9-8-15-13-18(20(24)22-25)26-17(15)11-10-16/h1-5,8,10-11,13,25H,6-7,9,12H2,(H,21,23)(H,22,24). The van der Waals surface area contributed by atoms with Crippen LogP contribution < -0.4 is 20.5 Å². The summed E-state index contributed by atoms with van der Waals surface area (Å²) in [6.45, 7) is 0. The van der Waals surface area contributed by atoms with Gasteiger partial charge in [-0.15, -0.1) is 11.3 Å². The molecule has 3 N–H and O–H groups in total. The molecule has 0 fully saturated rings. The second-order valence-electron chi connectivity index (χ2n) is 6.03. The van der Waals surface area contributed by atoms with Gasteiger partial charge in [-0.25, -0.2) is 5.48 Å². The molecule has 0 bridgehead atoms. The summed E-state index contributed by atoms with van der Waals surface area (Å²) in [4.78, 5) is 24.2. The van der Waals surface area contributed by atoms with Crippen LogP contribution in [0, 0.1) is 0 Å². The lowest BCUT2D eigenvalue weighted by molar-refractivity contribution is -0.120. The molecule has 0 unspecified atom stereocenters. The van der Waals surface area contributed by atoms with Gasteiger partial charge in [0.05, 0.1) is 4.88 Å². The number of hydroxylamine groups is 1. The Morgan fingerprint density at radius 1 is 1.12 bits per heavy atom. The molecule has 134 valence electrons. The maximum atomic E-state index is 12.2. The van der Waals surface area contributed by atoms with Crippen molar-refractivity contribution in [2.24, 2.45) is 0 Å². The summed E-state index contributed by atoms with van der Waals surface area (Å²) < 4.78 is 0.926. The van der Waals surface area contributed by atoms with Gasteiger partial charge in [-0.1, -0.05) is 42.0 Å². The van der Waals surface area contributed by atoms with Gasteiger partial charge in [-0.3, -0.25) is 14.8 Å². The molecule has 1 heterocycles. The zero-order valence-corrected chi connectivity index (χ0v) is 15.0. The lowest BCUT2D eigenvalue weighted by Gasteiger charge is -2.08. The Morgan fingerprint density at radius 3 is 2.85 bits per heavy atom. The number of nitrogens with one attached hydrogen (secondary N) is 2. The molecule has 2 aliphatic carbocycles. The van der Waals surface area contributed by atoms with Gasteiger partial charge in [-0.05, 0) is 36.3 Å². The zero-order valence-electron chi connectivity index (χ0n) is 14.2. The molecule has 1 aromatic heterocycles. The van der Waals surface area contributed by atoms with Crippen molar-refractivity contribution >= 4 is 35.3 Å². The Morgan fingerprint density at radius 2 is 2.00 bits per heavy atom. The first-order chi connectivity index (χ1) is 12.7. The highest BCUT2D eigenvalue weighted by Crippen LogP contribution is 2.14. The molecule has 0 radical (unpaired) electrons. The first kappa shape index (κ1) is 18.1. The quantitative estimate of drug-likeness (QED) is 0.550. The van der Waals surface area contributed by atoms with Crippen molar-refractivity contribution in [1.82, 2.24) is 10.8 Å². The van der Waals surface area contributed by atoms with Crippen LogP contribution in [0.2, 0.25) is 0 Å². The Bertz CT molecular complexity index is 948. The Labute approximate surface area is 155 Å². The van der Waals surface area contributed by atoms with Crippen LogP contribution in [0.25, 0.3) is 12.2 Å². The third-order valence-corrected chi connectivity index (χ3v) is 5.25. The number of carbonyl (C=O) groups excluding carboxylic acids is 2. The van der Waals surface area contributed by atoms with Crippen molar-refractivity contribution in [3.63, 3.8) is 0 Å². The van der Waals surface area contributed by atoms with Crippen molar-refractivity contribution < 1.29 is 14.8 Å². The third-order valence-electron chi connectivity index (χ3n) is 4.14. The Balaban J connectivity index is 1.60. The highest BCUT2D eigenvalue weighted by molar-refractivity contribution is 7.12. The minimum absolute atomic E-state index is 0.00163. The zero-order chi connectivity index (χ0) is 18.4. The fourth-order valence-electron chi connectivity index (χ4n) is 2.76. The summed E-state index contributed by atoms with van der Waals surface area (Å²) in [6.07, 6.45) is 18.5. The van der Waals surface area contributed by atoms with E-state index in [9.17, 15) is 9.59 Å². The highest BCUT2D eigenvalue weighted by atomic mass is 32.1. The fraction of sp³-hybridized carbons (Fsp3) is 0.200. The first-order valence-electron chi connectivity index (χ1n) is 8.42. The average molecular weight is 368 g/mol. The molecule has 0 atom stereocenters. The molecule has 3 rings (SSSR count). The number of rotatable bonds is 5. The van der Waals surface area contributed by atoms with Crippen LogP contribution in [0.1, 0.15) is 35.4 Å². The summed E-state index contributed by atoms with van der Waals surface area (Å²) in [5, 5.41) is 12.6. The maximum absolute atomic E-state index is 12.2. The van der Waals surface area contributed by atoms with Crippen molar-refractivity contribution in [1.29, 1.82) is 0 Å². The van der Waals surface area contributed by atoms with E-state index in [1.165, 1.54) is 16.9 Å². The molecule has 1 aromatic rings. The topological polar surface area (TPSA) is 78.4 Å². The summed E-state index contributed by atoms with van der Waals surface area (Å²) in [6, 6.07) is 1.74. The lowest BCUT2D eigenvalue weighted by atomic mass is 10.1. The number of fused-ring (bicyclic) bond motifs is 1. The number of allylic oxidation sites excluding steroid dienone is 8. The molecule has 0 saturated carbocycles. The molecule has 6 heteroatoms. The van der Waals surface area contributed by atoms with Gasteiger partial charge >= 0.3 is 0 Å². The Hall–Kier alpha value is -2.70. The molecular weight excluding hydrogens is 348 g/mol. The van der Waals surface area contributed by atoms with Crippen LogP contribution in [0.3, 0.4) is 0 Å². The van der Waals surface area contributed by atoms with Gasteiger partial charge in [0.2, 0.25) is 5.91 Å². The van der Waals surface area contributed by atoms with Crippen molar-refractivity contribution in [3.05, 3.63) is 68.4 Å². The summed E-state index contributed by atoms with van der Waals surface area (Å²) >= 11 is 1.30. The normalized spacial score (nSPS) is 15.4. The van der Waals surface area contributed by atoms with E-state index in [4.69, 9.17) is 5.21 Å². The number of amides is 2. The SMILES string of the molecule is O=C(CCC1=CC=CC=CC1)NC1=CC=c2sc(C(=O)NO)cc2=CC1. The number of carbonyl (C=O) groups is 2. The third kappa shape index (κ3) is 4.68. The van der Waals surface area contributed by atoms with Gasteiger partial charge in [0, 0.05) is 23.1 Å². The average Bonchev–Trinajstić information content (AvgIpc) is 2.79. The second kappa shape index (κ2) is 8.60. The van der Waals surface area contributed by atoms with Crippen LogP contribution in [0.5, 0.6) is 0 Å². The fourth-order valence-corrected chi connectivity index (χ4v) is 3.71. The predicted octanol–water partition coefficient (Wildman–Crippen LogP) is 2.05. The molecule has 0 spiro atoms. The first-order valence-corrected chi connectivity index (χ1v) is 9.24. The van der Waals surface area contributed by atoms with Crippen LogP contribution in [-0.2, 0) is 4.79 Å². The lowest BCUT2D eigenvalue weighted by Crippen LogP contribution is -2.22. The summed E-state index contributed by atoms with van der Waals surface area (Å²) in [5.41, 5.74) is 3.72. The van der Waals surface area contributed by atoms with Crippen molar-refractivity contribution in [3.8, 4) is 0 Å². The van der Waals surface area contributed by atoms with E-state index in [0.717, 1.165) is 28.3 Å². The van der Waals surface area contributed by atoms with Crippen LogP contribution >= 0.6 is 11.3 Å². The van der Waals surface area contributed by atoms with E-state index in [1.807, 2.05) is 36.5 Å². The van der Waals surface area contributed by atoms with Crippen LogP contribution in [0.4, 0.5) is 0 Å². The molecular formula is C20H20N2O3S. The minimum atomic E-state index is -0.514. The second-order valence-corrected chi connectivity index (χ2v) is 7.11. The van der Waals surface area contributed by atoms with Crippen molar-refractivity contribution in [2.75, 3.05) is 0 Å². The largest absolute Gasteiger partial charge is 0.329 e. The molecule has 0 aliphatic heterocycles. The van der Waals surface area contributed by atoms with E-state index in [2.05, 4.69) is 17.5 Å². The van der Waals surface area contributed by atoms with Crippen LogP contribution in [-0.4, -0.2) is 17.0 Å². The molecule has 0 aromatic carbocycles. The number of hydrogen-bond donors (Lipinski definition) is 3. The minimum Gasteiger partial charge on any atom is -0.329 e. The van der Waals surface area contributed by atoms with Crippen molar-refractivity contribution in [2.45, 2.75) is 25.7 Å². The maximum Gasteiger partial charge on any atom is 0.284 e. The van der Waals surface area contributed by atoms with E-state index in [0.29, 0.717) is 17.7 Å². The van der Waals surface area contributed by atoms with E-state index in [1.54, 1.807) is 11.5 Å². The molecule has 5 nitrogen and oxygen atoms in total. The van der Waals surface area contributed by atoms with E-state index in [-0.39, 0.29) is 5.91 Å². The predicted molar refractivity (Wildman–Crippen MR) is 103 cm³/mol. The van der Waals surface area contributed by atoms with Crippen LogP contribution in [0.15, 0.2) is 53.8 Å². The highest BCUT2D eigenvalue weighted by Gasteiger charge is 2.10. The molecule has 2 aliphatic rings. The smallest absolute Gasteiger partial charge is 0.284 e. The number of thiophene rings is 1. The van der Waals surface area contributed by atoms with Gasteiger partial charge in [0.1, 0.15) is 0 Å². The molecule has 26 heavy (non-hydrogen) atoms. The van der Waals surface area contributed by atoms with Gasteiger partial charge in [-0.2, -0.15) is 0 Å². The number of hydrogen-bond acceptors (Lipinski definition) is 4. The monoisotopic (exact) mass is 368 g/mol. The van der Waals surface area contributed by atoms with Gasteiger partial charge in [0.25, 0.3) is 5.91 Å². The summed E-state index contributed by atoms with van der Waals surface area (Å²) in [7, 11) is 0. The molecule has 0 saturated heterocycles. The Kier molecular flexibility index (Phi) is 5.99.